The highest BCUT2D eigenvalue weighted by Crippen LogP contribution is 2.58. The van der Waals surface area contributed by atoms with Crippen molar-refractivity contribution >= 4 is 40.5 Å². The second-order valence-electron chi connectivity index (χ2n) is 10.6. The number of ketones is 1. The van der Waals surface area contributed by atoms with Gasteiger partial charge in [0, 0.05) is 52.0 Å². The number of aromatic nitrogens is 1. The van der Waals surface area contributed by atoms with Gasteiger partial charge in [0.25, 0.3) is 0 Å². The molecule has 7 rings (SSSR count). The maximum Gasteiger partial charge on any atom is 0.248 e. The Labute approximate surface area is 247 Å². The number of nitrogens with zero attached hydrogens (tertiary/aromatic N) is 4. The van der Waals surface area contributed by atoms with Crippen LogP contribution in [-0.2, 0) is 21.5 Å². The number of carbonyl (C=O) groups excluding carboxylic acids is 2. The van der Waals surface area contributed by atoms with Crippen LogP contribution in [0.15, 0.2) is 114 Å². The minimum Gasteiger partial charge on any atom is -0.309 e. The zero-order chi connectivity index (χ0) is 29.0. The molecule has 2 aliphatic heterocycles. The number of hydrogen-bond donors (Lipinski definition) is 0. The molecule has 3 aliphatic rings. The van der Waals surface area contributed by atoms with E-state index in [1.807, 2.05) is 70.4 Å². The van der Waals surface area contributed by atoms with Gasteiger partial charge >= 0.3 is 0 Å². The average molecular weight is 575 g/mol. The Hall–Kier alpha value is -4.93. The highest BCUT2D eigenvalue weighted by Gasteiger charge is 2.62. The molecule has 4 aromatic rings. The summed E-state index contributed by atoms with van der Waals surface area (Å²) in [5, 5.41) is 11.5. The molecule has 0 N–H and O–H groups in total. The van der Waals surface area contributed by atoms with Crippen molar-refractivity contribution in [3.05, 3.63) is 136 Å². The Bertz CT molecular complexity index is 1870. The molecule has 1 aromatic heterocycles. The third-order valence-corrected chi connectivity index (χ3v) is 8.52. The molecule has 1 amide bonds. The van der Waals surface area contributed by atoms with Crippen LogP contribution in [0.4, 0.5) is 15.8 Å². The summed E-state index contributed by atoms with van der Waals surface area (Å²) in [6, 6.07) is 26.7. The lowest BCUT2D eigenvalue weighted by Crippen LogP contribution is -2.51. The van der Waals surface area contributed by atoms with E-state index in [4.69, 9.17) is 11.6 Å². The Kier molecular flexibility index (Phi) is 6.10. The van der Waals surface area contributed by atoms with Crippen LogP contribution < -0.4 is 9.80 Å². The van der Waals surface area contributed by atoms with Gasteiger partial charge in [0.2, 0.25) is 5.91 Å². The predicted molar refractivity (Wildman–Crippen MR) is 159 cm³/mol. The van der Waals surface area contributed by atoms with E-state index < -0.39 is 5.41 Å². The normalized spacial score (nSPS) is 19.8. The maximum atomic E-state index is 15.0. The van der Waals surface area contributed by atoms with Crippen molar-refractivity contribution in [2.45, 2.75) is 31.2 Å². The summed E-state index contributed by atoms with van der Waals surface area (Å²) in [4.78, 5) is 32.6. The molecule has 0 saturated heterocycles. The topological polar surface area (TPSA) is 69.3 Å². The lowest BCUT2D eigenvalue weighted by Gasteiger charge is -2.45. The molecule has 8 heteroatoms. The number of benzene rings is 3. The maximum absolute atomic E-state index is 15.0. The molecular formula is C34H24ClFN4O2. The summed E-state index contributed by atoms with van der Waals surface area (Å²) < 4.78 is 15.5. The summed E-state index contributed by atoms with van der Waals surface area (Å²) in [6.45, 7) is 0.157. The van der Waals surface area contributed by atoms with Crippen LogP contribution in [0.5, 0.6) is 0 Å². The molecule has 0 bridgehead atoms. The van der Waals surface area contributed by atoms with Crippen LogP contribution in [-0.4, -0.2) is 16.3 Å². The van der Waals surface area contributed by atoms with Gasteiger partial charge in [-0.1, -0.05) is 48.0 Å². The summed E-state index contributed by atoms with van der Waals surface area (Å²) in [6.07, 6.45) is 5.08. The van der Waals surface area contributed by atoms with Crippen LogP contribution in [0, 0.1) is 17.1 Å². The van der Waals surface area contributed by atoms with Crippen LogP contribution in [0.3, 0.4) is 0 Å². The molecule has 1 spiro atoms. The zero-order valence-corrected chi connectivity index (χ0v) is 23.2. The first-order valence-electron chi connectivity index (χ1n) is 13.7. The van der Waals surface area contributed by atoms with Crippen molar-refractivity contribution in [2.24, 2.45) is 0 Å². The summed E-state index contributed by atoms with van der Waals surface area (Å²) in [7, 11) is 0. The van der Waals surface area contributed by atoms with E-state index in [1.165, 1.54) is 12.1 Å². The van der Waals surface area contributed by atoms with Gasteiger partial charge in [0.05, 0.1) is 12.1 Å². The largest absolute Gasteiger partial charge is 0.309 e. The SMILES string of the molecule is N#CC1=C(n2cccc2)N(c2cccc(Cl)c2)C2=C(C(=O)CCC2)C12C(=O)N(Cc1ccc(F)cc1)c1ccccc12. The lowest BCUT2D eigenvalue weighted by molar-refractivity contribution is -0.124. The van der Waals surface area contributed by atoms with Crippen molar-refractivity contribution in [2.75, 3.05) is 9.80 Å². The monoisotopic (exact) mass is 574 g/mol. The number of amides is 1. The van der Waals surface area contributed by atoms with Crippen molar-refractivity contribution in [1.29, 1.82) is 5.26 Å². The van der Waals surface area contributed by atoms with Crippen molar-refractivity contribution in [3.63, 3.8) is 0 Å². The van der Waals surface area contributed by atoms with E-state index in [2.05, 4.69) is 6.07 Å². The molecule has 0 saturated carbocycles. The number of anilines is 2. The molecule has 1 aliphatic carbocycles. The number of rotatable bonds is 4. The first kappa shape index (κ1) is 26.0. The van der Waals surface area contributed by atoms with Crippen LogP contribution in [0.1, 0.15) is 30.4 Å². The number of para-hydroxylation sites is 1. The zero-order valence-electron chi connectivity index (χ0n) is 22.4. The number of Topliss-reactive ketones (excluding diaryl/α,β-unsaturated/α-hetero) is 1. The second-order valence-corrected chi connectivity index (χ2v) is 11.0. The number of allylic oxidation sites excluding steroid dienone is 1. The fourth-order valence-corrected chi connectivity index (χ4v) is 6.81. The van der Waals surface area contributed by atoms with Crippen molar-refractivity contribution < 1.29 is 14.0 Å². The smallest absolute Gasteiger partial charge is 0.248 e. The van der Waals surface area contributed by atoms with Gasteiger partial charge in [-0.15, -0.1) is 0 Å². The Balaban J connectivity index is 1.56. The lowest BCUT2D eigenvalue weighted by atomic mass is 9.63. The molecule has 206 valence electrons. The number of hydrogen-bond acceptors (Lipinski definition) is 4. The molecule has 0 radical (unpaired) electrons. The van der Waals surface area contributed by atoms with Crippen molar-refractivity contribution in [3.8, 4) is 6.07 Å². The molecule has 3 heterocycles. The minimum absolute atomic E-state index is 0.157. The molecule has 6 nitrogen and oxygen atoms in total. The van der Waals surface area contributed by atoms with E-state index in [9.17, 15) is 14.4 Å². The quantitative estimate of drug-likeness (QED) is 0.263. The van der Waals surface area contributed by atoms with Crippen LogP contribution in [0.2, 0.25) is 5.02 Å². The van der Waals surface area contributed by atoms with Gasteiger partial charge in [-0.2, -0.15) is 5.26 Å². The number of halogens is 2. The van der Waals surface area contributed by atoms with E-state index in [0.29, 0.717) is 51.9 Å². The van der Waals surface area contributed by atoms with Gasteiger partial charge in [0.1, 0.15) is 23.1 Å². The highest BCUT2D eigenvalue weighted by molar-refractivity contribution is 6.31. The third-order valence-electron chi connectivity index (χ3n) is 8.29. The van der Waals surface area contributed by atoms with Gasteiger partial charge in [-0.25, -0.2) is 4.39 Å². The first-order valence-corrected chi connectivity index (χ1v) is 14.1. The molecule has 1 unspecified atom stereocenters. The Morgan fingerprint density at radius 2 is 1.69 bits per heavy atom. The third kappa shape index (κ3) is 3.69. The molecular weight excluding hydrogens is 551 g/mol. The van der Waals surface area contributed by atoms with E-state index >= 15 is 4.79 Å². The predicted octanol–water partition coefficient (Wildman–Crippen LogP) is 6.98. The molecule has 1 atom stereocenters. The summed E-state index contributed by atoms with van der Waals surface area (Å²) in [5.74, 6) is -0.424. The van der Waals surface area contributed by atoms with Crippen LogP contribution >= 0.6 is 11.6 Å². The number of fused-ring (bicyclic) bond motifs is 3. The number of nitriles is 1. The molecule has 0 fully saturated rings. The Morgan fingerprint density at radius 1 is 0.929 bits per heavy atom. The fraction of sp³-hybridized carbons (Fsp3) is 0.147. The van der Waals surface area contributed by atoms with Crippen molar-refractivity contribution in [1.82, 2.24) is 4.57 Å². The summed E-state index contributed by atoms with van der Waals surface area (Å²) >= 11 is 6.45. The van der Waals surface area contributed by atoms with Gasteiger partial charge in [0.15, 0.2) is 5.78 Å². The molecule has 3 aromatic carbocycles. The standard InChI is InChI=1S/C34H24ClFN4O2/c35-23-7-5-8-25(19-23)40-29-11-6-12-30(41)31(29)34(27(20-37)32(40)38-17-3-4-18-38)26-9-1-2-10-28(26)39(33(34)42)21-22-13-15-24(36)16-14-22/h1-5,7-10,13-19H,6,11-12,21H2. The fourth-order valence-electron chi connectivity index (χ4n) is 6.62. The molecule has 42 heavy (non-hydrogen) atoms. The van der Waals surface area contributed by atoms with E-state index in [0.717, 1.165) is 5.56 Å². The van der Waals surface area contributed by atoms with Gasteiger partial charge in [-0.3, -0.25) is 14.5 Å². The number of carbonyl (C=O) groups is 2. The van der Waals surface area contributed by atoms with Crippen LogP contribution in [0.25, 0.3) is 5.82 Å². The van der Waals surface area contributed by atoms with Gasteiger partial charge in [-0.05, 0) is 66.9 Å². The second kappa shape index (κ2) is 9.86. The summed E-state index contributed by atoms with van der Waals surface area (Å²) in [5.41, 5.74) is 2.16. The Morgan fingerprint density at radius 3 is 2.43 bits per heavy atom. The van der Waals surface area contributed by atoms with E-state index in [-0.39, 0.29) is 36.0 Å². The highest BCUT2D eigenvalue weighted by atomic mass is 35.5. The van der Waals surface area contributed by atoms with E-state index in [1.54, 1.807) is 29.2 Å². The van der Waals surface area contributed by atoms with Gasteiger partial charge < -0.3 is 9.47 Å². The first-order chi connectivity index (χ1) is 20.4. The average Bonchev–Trinajstić information content (AvgIpc) is 3.61. The minimum atomic E-state index is -1.65.